The van der Waals surface area contributed by atoms with E-state index >= 15 is 0 Å². The molecule has 2 aromatic carbocycles. The van der Waals surface area contributed by atoms with Crippen LogP contribution in [0.15, 0.2) is 47.5 Å². The van der Waals surface area contributed by atoms with Gasteiger partial charge in [-0.1, -0.05) is 12.1 Å². The molecule has 270 valence electrons. The number of nitrogens with one attached hydrogen (secondary N) is 3. The number of hydrogen-bond donors (Lipinski definition) is 5. The van der Waals surface area contributed by atoms with Crippen LogP contribution in [0.4, 0.5) is 30.8 Å². The first kappa shape index (κ1) is 37.3. The summed E-state index contributed by atoms with van der Waals surface area (Å²) in [7, 11) is 0. The largest absolute Gasteiger partial charge is 0.494 e. The summed E-state index contributed by atoms with van der Waals surface area (Å²) in [6, 6.07) is 10.3. The van der Waals surface area contributed by atoms with Gasteiger partial charge in [0.2, 0.25) is 11.9 Å². The van der Waals surface area contributed by atoms with Gasteiger partial charge < -0.3 is 46.4 Å². The maximum atomic E-state index is 13.5. The number of halogens is 3. The van der Waals surface area contributed by atoms with E-state index in [4.69, 9.17) is 30.4 Å². The summed E-state index contributed by atoms with van der Waals surface area (Å²) < 4.78 is 60.7. The highest BCUT2D eigenvalue weighted by Crippen LogP contribution is 2.27. The summed E-state index contributed by atoms with van der Waals surface area (Å²) in [5.41, 5.74) is 12.1. The van der Waals surface area contributed by atoms with Crippen molar-refractivity contribution in [2.45, 2.75) is 57.8 Å². The molecule has 2 aliphatic rings. The van der Waals surface area contributed by atoms with Crippen LogP contribution in [0.2, 0.25) is 0 Å². The SMILES string of the molecule is CCOC(=O)[C@H](CCCN=C(N)N)NC(=O)c1ccc2cc1OCCCCCOc1ccc(cc1)CNc1nc(nc(OCC(F)(F)F)n1)N2. The van der Waals surface area contributed by atoms with Crippen LogP contribution in [0.25, 0.3) is 0 Å². The highest BCUT2D eigenvalue weighted by molar-refractivity contribution is 5.99. The van der Waals surface area contributed by atoms with Gasteiger partial charge in [0.15, 0.2) is 12.6 Å². The van der Waals surface area contributed by atoms with Crippen molar-refractivity contribution < 1.29 is 41.7 Å². The van der Waals surface area contributed by atoms with Crippen molar-refractivity contribution in [1.29, 1.82) is 0 Å². The maximum absolute atomic E-state index is 13.5. The van der Waals surface area contributed by atoms with E-state index in [-0.39, 0.29) is 61.9 Å². The van der Waals surface area contributed by atoms with Crippen molar-refractivity contribution in [3.8, 4) is 17.5 Å². The van der Waals surface area contributed by atoms with E-state index in [0.717, 1.165) is 18.4 Å². The van der Waals surface area contributed by atoms with Gasteiger partial charge in [0.1, 0.15) is 17.5 Å². The number of aromatic nitrogens is 3. The van der Waals surface area contributed by atoms with E-state index in [0.29, 0.717) is 30.9 Å². The number of benzene rings is 2. The first-order valence-corrected chi connectivity index (χ1v) is 16.0. The molecule has 5 rings (SSSR count). The van der Waals surface area contributed by atoms with Gasteiger partial charge in [-0.25, -0.2) is 4.79 Å². The Morgan fingerprint density at radius 1 is 1.02 bits per heavy atom. The zero-order chi connectivity index (χ0) is 35.9. The molecule has 1 atom stereocenters. The Balaban J connectivity index is 1.61. The smallest absolute Gasteiger partial charge is 0.422 e. The second kappa shape index (κ2) is 18.3. The van der Waals surface area contributed by atoms with Crippen LogP contribution >= 0.6 is 0 Å². The molecule has 1 aromatic heterocycles. The molecular weight excluding hydrogens is 663 g/mol. The van der Waals surface area contributed by atoms with E-state index in [1.54, 1.807) is 6.92 Å². The Bertz CT molecular complexity index is 1610. The number of alkyl halides is 3. The van der Waals surface area contributed by atoms with Crippen molar-refractivity contribution in [2.24, 2.45) is 16.5 Å². The molecule has 0 saturated heterocycles. The van der Waals surface area contributed by atoms with E-state index in [9.17, 15) is 22.8 Å². The number of guanidine groups is 1. The molecule has 7 N–H and O–H groups in total. The second-order valence-corrected chi connectivity index (χ2v) is 11.0. The number of rotatable bonds is 10. The third-order valence-corrected chi connectivity index (χ3v) is 6.97. The molecule has 0 spiro atoms. The minimum absolute atomic E-state index is 0.0493. The van der Waals surface area contributed by atoms with Crippen LogP contribution in [0.3, 0.4) is 0 Å². The zero-order valence-electron chi connectivity index (χ0n) is 27.4. The van der Waals surface area contributed by atoms with Gasteiger partial charge >= 0.3 is 18.2 Å². The number of nitrogens with zero attached hydrogens (tertiary/aromatic N) is 4. The van der Waals surface area contributed by atoms with Gasteiger partial charge in [0.05, 0.1) is 25.4 Å². The predicted octanol–water partition coefficient (Wildman–Crippen LogP) is 3.83. The van der Waals surface area contributed by atoms with Gasteiger partial charge in [-0.15, -0.1) is 0 Å². The molecule has 6 bridgehead atoms. The lowest BCUT2D eigenvalue weighted by molar-refractivity contribution is -0.154. The Morgan fingerprint density at radius 3 is 2.48 bits per heavy atom. The average Bonchev–Trinajstić information content (AvgIpc) is 3.07. The van der Waals surface area contributed by atoms with Crippen molar-refractivity contribution in [3.63, 3.8) is 0 Å². The second-order valence-electron chi connectivity index (χ2n) is 11.0. The van der Waals surface area contributed by atoms with Crippen LogP contribution in [-0.2, 0) is 16.1 Å². The summed E-state index contributed by atoms with van der Waals surface area (Å²) in [5, 5.41) is 8.61. The lowest BCUT2D eigenvalue weighted by Crippen LogP contribution is -2.42. The van der Waals surface area contributed by atoms with Crippen molar-refractivity contribution in [3.05, 3.63) is 53.6 Å². The maximum Gasteiger partial charge on any atom is 0.422 e. The molecule has 0 aliphatic carbocycles. The molecule has 3 heterocycles. The van der Waals surface area contributed by atoms with Gasteiger partial charge in [-0.3, -0.25) is 9.79 Å². The normalized spacial score (nSPS) is 14.0. The standard InChI is InChI=1S/C32H40F3N9O6/c1-2-47-27(46)24(7-6-14-38-28(36)37)41-26(45)23-13-10-21-17-25(23)49-16-5-3-4-15-48-22-11-8-20(9-12-22)18-39-29-42-30(40-21)44-31(43-29)50-19-32(33,34)35/h8-13,17,24H,2-7,14-16,18-19H2,1H3,(H,41,45)(H4,36,37,38)(H2,39,40,42,43,44)/t24-/m0/s1. The fourth-order valence-corrected chi connectivity index (χ4v) is 4.61. The zero-order valence-corrected chi connectivity index (χ0v) is 27.4. The molecule has 2 aliphatic heterocycles. The van der Waals surface area contributed by atoms with Crippen LogP contribution < -0.4 is 41.6 Å². The number of ether oxygens (including phenoxy) is 4. The number of amides is 1. The molecule has 3 aromatic rings. The quantitative estimate of drug-likeness (QED) is 0.0881. The molecule has 50 heavy (non-hydrogen) atoms. The minimum Gasteiger partial charge on any atom is -0.494 e. The summed E-state index contributed by atoms with van der Waals surface area (Å²) in [4.78, 5) is 42.4. The van der Waals surface area contributed by atoms with Gasteiger partial charge in [-0.2, -0.15) is 28.1 Å². The number of fused-ring (bicyclic) bond motifs is 9. The summed E-state index contributed by atoms with van der Waals surface area (Å²) in [6.07, 6.45) is -1.85. The average molecular weight is 704 g/mol. The summed E-state index contributed by atoms with van der Waals surface area (Å²) in [5.74, 6) is -0.648. The van der Waals surface area contributed by atoms with E-state index in [1.807, 2.05) is 24.3 Å². The first-order chi connectivity index (χ1) is 24.0. The third kappa shape index (κ3) is 12.5. The molecule has 18 heteroatoms. The van der Waals surface area contributed by atoms with E-state index in [1.165, 1.54) is 18.2 Å². The molecule has 0 radical (unpaired) electrons. The summed E-state index contributed by atoms with van der Waals surface area (Å²) >= 11 is 0. The number of carbonyl (C=O) groups is 2. The van der Waals surface area contributed by atoms with Gasteiger partial charge in [-0.05, 0) is 68.9 Å². The number of nitrogens with two attached hydrogens (primary N) is 2. The Labute approximate surface area is 286 Å². The summed E-state index contributed by atoms with van der Waals surface area (Å²) in [6.45, 7) is 1.37. The highest BCUT2D eigenvalue weighted by Gasteiger charge is 2.29. The lowest BCUT2D eigenvalue weighted by Gasteiger charge is -2.19. The van der Waals surface area contributed by atoms with Crippen LogP contribution in [0.1, 0.15) is 54.9 Å². The van der Waals surface area contributed by atoms with E-state index in [2.05, 4.69) is 35.9 Å². The first-order valence-electron chi connectivity index (χ1n) is 16.0. The Morgan fingerprint density at radius 2 is 1.76 bits per heavy atom. The Kier molecular flexibility index (Phi) is 13.6. The number of carbonyl (C=O) groups excluding carboxylic acids is 2. The van der Waals surface area contributed by atoms with Crippen molar-refractivity contribution >= 4 is 35.4 Å². The molecular formula is C32H40F3N9O6. The monoisotopic (exact) mass is 703 g/mol. The highest BCUT2D eigenvalue weighted by atomic mass is 19.4. The third-order valence-electron chi connectivity index (χ3n) is 6.97. The van der Waals surface area contributed by atoms with Crippen LogP contribution in [-0.4, -0.2) is 78.0 Å². The molecule has 15 nitrogen and oxygen atoms in total. The number of anilines is 3. The van der Waals surface area contributed by atoms with Crippen molar-refractivity contribution in [2.75, 3.05) is 43.6 Å². The Hall–Kier alpha value is -5.55. The molecule has 1 amide bonds. The van der Waals surface area contributed by atoms with Crippen LogP contribution in [0.5, 0.6) is 17.5 Å². The number of esters is 1. The molecule has 0 unspecified atom stereocenters. The molecule has 0 fully saturated rings. The fourth-order valence-electron chi connectivity index (χ4n) is 4.61. The lowest BCUT2D eigenvalue weighted by atomic mass is 10.1. The van der Waals surface area contributed by atoms with E-state index < -0.39 is 36.7 Å². The number of hydrogen-bond acceptors (Lipinski definition) is 12. The molecule has 0 saturated carbocycles. The minimum atomic E-state index is -4.62. The van der Waals surface area contributed by atoms with Crippen LogP contribution in [0, 0.1) is 0 Å². The topological polar surface area (TPSA) is 210 Å². The van der Waals surface area contributed by atoms with Gasteiger partial charge in [0.25, 0.3) is 5.91 Å². The number of aliphatic imine (C=N–C) groups is 1. The van der Waals surface area contributed by atoms with Gasteiger partial charge in [0, 0.05) is 24.8 Å². The fraction of sp³-hybridized carbons (Fsp3) is 0.438. The van der Waals surface area contributed by atoms with Crippen molar-refractivity contribution in [1.82, 2.24) is 20.3 Å². The predicted molar refractivity (Wildman–Crippen MR) is 178 cm³/mol.